The second-order valence-electron chi connectivity index (χ2n) is 7.49. The molecule has 7 heteroatoms. The van der Waals surface area contributed by atoms with Crippen molar-refractivity contribution < 1.29 is 14.3 Å². The zero-order valence-electron chi connectivity index (χ0n) is 18.0. The Morgan fingerprint density at radius 3 is 2.43 bits per heavy atom. The molecule has 7 nitrogen and oxygen atoms in total. The normalized spacial score (nSPS) is 11.9. The van der Waals surface area contributed by atoms with Gasteiger partial charge in [0.05, 0.1) is 13.7 Å². The maximum absolute atomic E-state index is 12.4. The second kappa shape index (κ2) is 9.43. The molecule has 1 aromatic heterocycles. The molecule has 0 spiro atoms. The number of amides is 1. The smallest absolute Gasteiger partial charge is 0.261 e. The molecule has 1 heterocycles. The Hall–Kier alpha value is -3.35. The van der Waals surface area contributed by atoms with Gasteiger partial charge in [-0.3, -0.25) is 9.89 Å². The van der Waals surface area contributed by atoms with E-state index in [4.69, 9.17) is 9.47 Å². The molecular formula is C23H28N4O3. The first-order chi connectivity index (χ1) is 14.4. The number of carbonyl (C=O) groups excluding carboxylic acids is 1. The number of H-pyrrole nitrogens is 1. The molecule has 0 saturated carbocycles. The lowest BCUT2D eigenvalue weighted by molar-refractivity contribution is -0.127. The number of methoxy groups -OCH3 is 1. The highest BCUT2D eigenvalue weighted by molar-refractivity contribution is 5.80. The Labute approximate surface area is 176 Å². The molecule has 0 saturated heterocycles. The molecule has 0 bridgehead atoms. The van der Waals surface area contributed by atoms with Gasteiger partial charge in [0, 0.05) is 5.56 Å². The van der Waals surface area contributed by atoms with Crippen molar-refractivity contribution in [3.05, 3.63) is 59.4 Å². The molecule has 3 rings (SSSR count). The van der Waals surface area contributed by atoms with Crippen molar-refractivity contribution in [2.24, 2.45) is 0 Å². The third-order valence-corrected chi connectivity index (χ3v) is 4.86. The predicted molar refractivity (Wildman–Crippen MR) is 116 cm³/mol. The van der Waals surface area contributed by atoms with Crippen molar-refractivity contribution in [2.75, 3.05) is 7.11 Å². The van der Waals surface area contributed by atoms with Crippen LogP contribution in [-0.2, 0) is 11.3 Å². The van der Waals surface area contributed by atoms with Gasteiger partial charge in [0.25, 0.3) is 5.91 Å². The highest BCUT2D eigenvalue weighted by Crippen LogP contribution is 2.24. The Morgan fingerprint density at radius 1 is 1.10 bits per heavy atom. The van der Waals surface area contributed by atoms with Crippen molar-refractivity contribution in [1.82, 2.24) is 20.5 Å². The quantitative estimate of drug-likeness (QED) is 0.588. The van der Waals surface area contributed by atoms with Crippen LogP contribution >= 0.6 is 0 Å². The van der Waals surface area contributed by atoms with E-state index in [2.05, 4.69) is 47.3 Å². The number of nitrogens with zero attached hydrogens (tertiary/aromatic N) is 2. The van der Waals surface area contributed by atoms with Crippen LogP contribution in [-0.4, -0.2) is 34.3 Å². The van der Waals surface area contributed by atoms with Gasteiger partial charge < -0.3 is 14.8 Å². The summed E-state index contributed by atoms with van der Waals surface area (Å²) in [6.45, 7) is 8.33. The summed E-state index contributed by atoms with van der Waals surface area (Å²) in [5, 5.41) is 9.89. The van der Waals surface area contributed by atoms with Crippen LogP contribution in [0.3, 0.4) is 0 Å². The first-order valence-corrected chi connectivity index (χ1v) is 9.98. The maximum Gasteiger partial charge on any atom is 0.261 e. The fourth-order valence-electron chi connectivity index (χ4n) is 3.19. The van der Waals surface area contributed by atoms with Crippen molar-refractivity contribution in [3.8, 4) is 22.9 Å². The molecular weight excluding hydrogens is 380 g/mol. The summed E-state index contributed by atoms with van der Waals surface area (Å²) in [6, 6.07) is 13.4. The minimum Gasteiger partial charge on any atom is -0.497 e. The molecule has 0 fully saturated rings. The lowest BCUT2D eigenvalue weighted by Gasteiger charge is -2.16. The molecule has 0 aliphatic heterocycles. The van der Waals surface area contributed by atoms with Crippen LogP contribution in [0.1, 0.15) is 43.6 Å². The van der Waals surface area contributed by atoms with Gasteiger partial charge in [0.2, 0.25) is 0 Å². The number of ether oxygens (including phenoxy) is 2. The van der Waals surface area contributed by atoms with E-state index in [9.17, 15) is 4.79 Å². The first kappa shape index (κ1) is 21.4. The van der Waals surface area contributed by atoms with E-state index in [0.29, 0.717) is 23.3 Å². The highest BCUT2D eigenvalue weighted by Gasteiger charge is 2.16. The summed E-state index contributed by atoms with van der Waals surface area (Å²) in [5.74, 6) is 2.81. The van der Waals surface area contributed by atoms with Crippen LogP contribution in [0.4, 0.5) is 0 Å². The number of aromatic amines is 1. The molecule has 2 N–H and O–H groups in total. The monoisotopic (exact) mass is 408 g/mol. The van der Waals surface area contributed by atoms with Gasteiger partial charge in [-0.1, -0.05) is 19.9 Å². The Kier molecular flexibility index (Phi) is 6.72. The van der Waals surface area contributed by atoms with Gasteiger partial charge in [-0.2, -0.15) is 5.10 Å². The molecule has 1 unspecified atom stereocenters. The molecule has 0 radical (unpaired) electrons. The number of hydrogen-bond acceptors (Lipinski definition) is 5. The first-order valence-electron chi connectivity index (χ1n) is 9.98. The second-order valence-corrected chi connectivity index (χ2v) is 7.49. The van der Waals surface area contributed by atoms with Gasteiger partial charge in [0.1, 0.15) is 17.3 Å². The van der Waals surface area contributed by atoms with Gasteiger partial charge >= 0.3 is 0 Å². The molecule has 3 aromatic rings. The third-order valence-electron chi connectivity index (χ3n) is 4.86. The van der Waals surface area contributed by atoms with Crippen molar-refractivity contribution >= 4 is 5.91 Å². The SMILES string of the molecule is COc1ccc(-c2n[nH]c(CNC(=O)C(C)Oc3ccc(C(C)C)c(C)c3)n2)cc1. The number of carbonyl (C=O) groups is 1. The summed E-state index contributed by atoms with van der Waals surface area (Å²) in [7, 11) is 1.62. The minimum absolute atomic E-state index is 0.219. The summed E-state index contributed by atoms with van der Waals surface area (Å²) in [6.07, 6.45) is -0.627. The number of rotatable bonds is 8. The molecule has 158 valence electrons. The van der Waals surface area contributed by atoms with Gasteiger partial charge in [-0.15, -0.1) is 0 Å². The van der Waals surface area contributed by atoms with E-state index < -0.39 is 6.10 Å². The lowest BCUT2D eigenvalue weighted by atomic mass is 9.98. The lowest BCUT2D eigenvalue weighted by Crippen LogP contribution is -2.36. The minimum atomic E-state index is -0.627. The number of hydrogen-bond donors (Lipinski definition) is 2. The van der Waals surface area contributed by atoms with E-state index in [1.54, 1.807) is 14.0 Å². The maximum atomic E-state index is 12.4. The standard InChI is InChI=1S/C23H28N4O3/c1-14(2)20-11-10-19(12-15(20)3)30-16(4)23(28)24-13-21-25-22(27-26-21)17-6-8-18(29-5)9-7-17/h6-12,14,16H,13H2,1-5H3,(H,24,28)(H,25,26,27). The van der Waals surface area contributed by atoms with E-state index >= 15 is 0 Å². The highest BCUT2D eigenvalue weighted by atomic mass is 16.5. The Bertz CT molecular complexity index is 996. The van der Waals surface area contributed by atoms with Gasteiger partial charge in [0.15, 0.2) is 11.9 Å². The van der Waals surface area contributed by atoms with Gasteiger partial charge in [-0.05, 0) is 67.3 Å². The number of aryl methyl sites for hydroxylation is 1. The number of benzene rings is 2. The largest absolute Gasteiger partial charge is 0.497 e. The van der Waals surface area contributed by atoms with Crippen LogP contribution in [0.25, 0.3) is 11.4 Å². The van der Waals surface area contributed by atoms with Crippen LogP contribution in [0.5, 0.6) is 11.5 Å². The molecule has 1 atom stereocenters. The van der Waals surface area contributed by atoms with E-state index in [-0.39, 0.29) is 12.5 Å². The molecule has 0 aliphatic carbocycles. The zero-order chi connectivity index (χ0) is 21.7. The van der Waals surface area contributed by atoms with Crippen LogP contribution < -0.4 is 14.8 Å². The van der Waals surface area contributed by atoms with Crippen molar-refractivity contribution in [1.29, 1.82) is 0 Å². The third kappa shape index (κ3) is 5.17. The predicted octanol–water partition coefficient (Wildman–Crippen LogP) is 4.00. The fourth-order valence-corrected chi connectivity index (χ4v) is 3.19. The Balaban J connectivity index is 1.55. The summed E-state index contributed by atoms with van der Waals surface area (Å²) >= 11 is 0. The van der Waals surface area contributed by atoms with Crippen molar-refractivity contribution in [3.63, 3.8) is 0 Å². The van der Waals surface area contributed by atoms with Crippen molar-refractivity contribution in [2.45, 2.75) is 46.3 Å². The van der Waals surface area contributed by atoms with E-state index in [1.165, 1.54) is 5.56 Å². The number of aromatic nitrogens is 3. The average molecular weight is 409 g/mol. The molecule has 2 aromatic carbocycles. The number of nitrogens with one attached hydrogen (secondary N) is 2. The fraction of sp³-hybridized carbons (Fsp3) is 0.348. The van der Waals surface area contributed by atoms with Crippen LogP contribution in [0, 0.1) is 6.92 Å². The molecule has 1 amide bonds. The van der Waals surface area contributed by atoms with Gasteiger partial charge in [-0.25, -0.2) is 4.98 Å². The van der Waals surface area contributed by atoms with E-state index in [1.807, 2.05) is 36.4 Å². The molecule has 30 heavy (non-hydrogen) atoms. The van der Waals surface area contributed by atoms with Crippen LogP contribution in [0.2, 0.25) is 0 Å². The summed E-state index contributed by atoms with van der Waals surface area (Å²) in [4.78, 5) is 16.8. The topological polar surface area (TPSA) is 89.1 Å². The summed E-state index contributed by atoms with van der Waals surface area (Å²) in [5.41, 5.74) is 3.29. The van der Waals surface area contributed by atoms with Crippen LogP contribution in [0.15, 0.2) is 42.5 Å². The van der Waals surface area contributed by atoms with E-state index in [0.717, 1.165) is 16.9 Å². The zero-order valence-corrected chi connectivity index (χ0v) is 18.0. The average Bonchev–Trinajstić information content (AvgIpc) is 3.21. The summed E-state index contributed by atoms with van der Waals surface area (Å²) < 4.78 is 11.0. The Morgan fingerprint density at radius 2 is 1.80 bits per heavy atom. The molecule has 0 aliphatic rings.